The number of nitrogens with one attached hydrogen (secondary N) is 1. The molecule has 1 fully saturated rings. The predicted octanol–water partition coefficient (Wildman–Crippen LogP) is 3.28. The fourth-order valence-corrected chi connectivity index (χ4v) is 2.97. The SMILES string of the molecule is CC(C)C(CNC1CCCC(C(F)(F)F)C1)N(C)C. The summed E-state index contributed by atoms with van der Waals surface area (Å²) in [5.41, 5.74) is 0. The van der Waals surface area contributed by atoms with Crippen LogP contribution in [0.5, 0.6) is 0 Å². The maximum atomic E-state index is 12.7. The second-order valence-corrected chi connectivity index (χ2v) is 6.29. The second-order valence-electron chi connectivity index (χ2n) is 6.29. The summed E-state index contributed by atoms with van der Waals surface area (Å²) in [6.07, 6.45) is -1.95. The third-order valence-corrected chi connectivity index (χ3v) is 4.19. The van der Waals surface area contributed by atoms with Crippen LogP contribution >= 0.6 is 0 Å². The van der Waals surface area contributed by atoms with E-state index >= 15 is 0 Å². The lowest BCUT2D eigenvalue weighted by Crippen LogP contribution is -2.47. The van der Waals surface area contributed by atoms with Gasteiger partial charge in [-0.05, 0) is 39.3 Å². The average molecular weight is 280 g/mol. The van der Waals surface area contributed by atoms with E-state index in [1.54, 1.807) is 0 Å². The van der Waals surface area contributed by atoms with Gasteiger partial charge >= 0.3 is 6.18 Å². The second kappa shape index (κ2) is 6.93. The fraction of sp³-hybridized carbons (Fsp3) is 1.00. The molecule has 0 aromatic heterocycles. The van der Waals surface area contributed by atoms with Gasteiger partial charge in [0.1, 0.15) is 0 Å². The number of halogens is 3. The van der Waals surface area contributed by atoms with Crippen molar-refractivity contribution in [1.82, 2.24) is 10.2 Å². The molecule has 1 N–H and O–H groups in total. The molecule has 3 unspecified atom stereocenters. The number of nitrogens with zero attached hydrogens (tertiary/aromatic N) is 1. The topological polar surface area (TPSA) is 15.3 Å². The summed E-state index contributed by atoms with van der Waals surface area (Å²) in [7, 11) is 4.04. The summed E-state index contributed by atoms with van der Waals surface area (Å²) < 4.78 is 38.2. The van der Waals surface area contributed by atoms with E-state index in [1.807, 2.05) is 14.1 Å². The monoisotopic (exact) mass is 280 g/mol. The van der Waals surface area contributed by atoms with E-state index in [0.29, 0.717) is 24.8 Å². The minimum absolute atomic E-state index is 0.0153. The highest BCUT2D eigenvalue weighted by molar-refractivity contribution is 4.83. The van der Waals surface area contributed by atoms with Crippen LogP contribution in [0.1, 0.15) is 39.5 Å². The number of rotatable bonds is 5. The lowest BCUT2D eigenvalue weighted by atomic mass is 9.85. The van der Waals surface area contributed by atoms with Gasteiger partial charge in [0, 0.05) is 18.6 Å². The molecule has 0 saturated heterocycles. The van der Waals surface area contributed by atoms with Gasteiger partial charge in [0.2, 0.25) is 0 Å². The summed E-state index contributed by atoms with van der Waals surface area (Å²) in [6.45, 7) is 5.05. The van der Waals surface area contributed by atoms with Crippen molar-refractivity contribution in [3.05, 3.63) is 0 Å². The summed E-state index contributed by atoms with van der Waals surface area (Å²) >= 11 is 0. The Morgan fingerprint density at radius 1 is 1.21 bits per heavy atom. The highest BCUT2D eigenvalue weighted by Gasteiger charge is 2.42. The zero-order valence-corrected chi connectivity index (χ0v) is 12.4. The molecule has 3 atom stereocenters. The normalized spacial score (nSPS) is 27.0. The fourth-order valence-electron chi connectivity index (χ4n) is 2.97. The molecular formula is C14H27F3N2. The van der Waals surface area contributed by atoms with Crippen LogP contribution in [0.3, 0.4) is 0 Å². The van der Waals surface area contributed by atoms with Gasteiger partial charge in [0.15, 0.2) is 0 Å². The molecule has 5 heteroatoms. The third-order valence-electron chi connectivity index (χ3n) is 4.19. The van der Waals surface area contributed by atoms with E-state index in [2.05, 4.69) is 24.1 Å². The third kappa shape index (κ3) is 5.30. The van der Waals surface area contributed by atoms with Crippen molar-refractivity contribution in [2.24, 2.45) is 11.8 Å². The highest BCUT2D eigenvalue weighted by Crippen LogP contribution is 2.37. The maximum Gasteiger partial charge on any atom is 0.391 e. The minimum Gasteiger partial charge on any atom is -0.312 e. The Hall–Kier alpha value is -0.290. The van der Waals surface area contributed by atoms with Crippen LogP contribution in [-0.4, -0.2) is 43.8 Å². The van der Waals surface area contributed by atoms with Crippen molar-refractivity contribution in [3.63, 3.8) is 0 Å². The van der Waals surface area contributed by atoms with Crippen LogP contribution in [0.4, 0.5) is 13.2 Å². The quantitative estimate of drug-likeness (QED) is 0.831. The van der Waals surface area contributed by atoms with Crippen LogP contribution in [0.15, 0.2) is 0 Å². The van der Waals surface area contributed by atoms with Gasteiger partial charge < -0.3 is 10.2 Å². The summed E-state index contributed by atoms with van der Waals surface area (Å²) in [5, 5.41) is 3.34. The molecular weight excluding hydrogens is 253 g/mol. The standard InChI is InChI=1S/C14H27F3N2/c1-10(2)13(19(3)4)9-18-12-7-5-6-11(8-12)14(15,16)17/h10-13,18H,5-9H2,1-4H3. The van der Waals surface area contributed by atoms with Crippen molar-refractivity contribution in [2.75, 3.05) is 20.6 Å². The zero-order chi connectivity index (χ0) is 14.6. The molecule has 0 aromatic carbocycles. The van der Waals surface area contributed by atoms with Gasteiger partial charge in [-0.1, -0.05) is 20.3 Å². The lowest BCUT2D eigenvalue weighted by molar-refractivity contribution is -0.183. The zero-order valence-electron chi connectivity index (χ0n) is 12.4. The van der Waals surface area contributed by atoms with Crippen molar-refractivity contribution >= 4 is 0 Å². The van der Waals surface area contributed by atoms with E-state index in [0.717, 1.165) is 13.0 Å². The highest BCUT2D eigenvalue weighted by atomic mass is 19.4. The van der Waals surface area contributed by atoms with Crippen LogP contribution in [0, 0.1) is 11.8 Å². The Morgan fingerprint density at radius 2 is 1.84 bits per heavy atom. The van der Waals surface area contributed by atoms with E-state index in [-0.39, 0.29) is 12.5 Å². The summed E-state index contributed by atoms with van der Waals surface area (Å²) in [5.74, 6) is -0.625. The van der Waals surface area contributed by atoms with Gasteiger partial charge in [-0.15, -0.1) is 0 Å². The Labute approximate surface area is 114 Å². The molecule has 0 spiro atoms. The predicted molar refractivity (Wildman–Crippen MR) is 72.1 cm³/mol. The minimum atomic E-state index is -4.03. The molecule has 19 heavy (non-hydrogen) atoms. The molecule has 1 rings (SSSR count). The molecule has 0 bridgehead atoms. The van der Waals surface area contributed by atoms with Crippen LogP contribution in [0.25, 0.3) is 0 Å². The molecule has 0 aromatic rings. The Bertz CT molecular complexity index is 256. The van der Waals surface area contributed by atoms with Gasteiger partial charge in [0.25, 0.3) is 0 Å². The van der Waals surface area contributed by atoms with E-state index in [9.17, 15) is 13.2 Å². The molecule has 1 aliphatic rings. The molecule has 1 aliphatic carbocycles. The Balaban J connectivity index is 2.44. The van der Waals surface area contributed by atoms with Gasteiger partial charge in [-0.25, -0.2) is 0 Å². The molecule has 2 nitrogen and oxygen atoms in total. The van der Waals surface area contributed by atoms with Gasteiger partial charge in [0.05, 0.1) is 5.92 Å². The number of hydrogen-bond acceptors (Lipinski definition) is 2. The largest absolute Gasteiger partial charge is 0.391 e. The first-order valence-corrected chi connectivity index (χ1v) is 7.18. The lowest BCUT2D eigenvalue weighted by Gasteiger charge is -2.34. The number of likely N-dealkylation sites (N-methyl/N-ethyl adjacent to an activating group) is 1. The van der Waals surface area contributed by atoms with Crippen molar-refractivity contribution in [1.29, 1.82) is 0 Å². The van der Waals surface area contributed by atoms with Gasteiger partial charge in [-0.2, -0.15) is 13.2 Å². The Kier molecular flexibility index (Phi) is 6.12. The van der Waals surface area contributed by atoms with Crippen LogP contribution in [0.2, 0.25) is 0 Å². The molecule has 0 heterocycles. The summed E-state index contributed by atoms with van der Waals surface area (Å²) in [6, 6.07) is 0.382. The smallest absolute Gasteiger partial charge is 0.312 e. The van der Waals surface area contributed by atoms with E-state index in [1.165, 1.54) is 0 Å². The summed E-state index contributed by atoms with van der Waals surface area (Å²) in [4.78, 5) is 2.14. The first-order chi connectivity index (χ1) is 8.71. The van der Waals surface area contributed by atoms with E-state index in [4.69, 9.17) is 0 Å². The van der Waals surface area contributed by atoms with E-state index < -0.39 is 12.1 Å². The maximum absolute atomic E-state index is 12.7. The molecule has 1 saturated carbocycles. The van der Waals surface area contributed by atoms with Crippen molar-refractivity contribution < 1.29 is 13.2 Å². The molecule has 0 radical (unpaired) electrons. The molecule has 0 aliphatic heterocycles. The molecule has 114 valence electrons. The molecule has 0 amide bonds. The first-order valence-electron chi connectivity index (χ1n) is 7.18. The van der Waals surface area contributed by atoms with Crippen molar-refractivity contribution in [3.8, 4) is 0 Å². The first kappa shape index (κ1) is 16.8. The van der Waals surface area contributed by atoms with Gasteiger partial charge in [-0.3, -0.25) is 0 Å². The van der Waals surface area contributed by atoms with Crippen LogP contribution < -0.4 is 5.32 Å². The number of hydrogen-bond donors (Lipinski definition) is 1. The van der Waals surface area contributed by atoms with Crippen LogP contribution in [-0.2, 0) is 0 Å². The average Bonchev–Trinajstić information content (AvgIpc) is 2.27. The number of alkyl halides is 3. The Morgan fingerprint density at radius 3 is 2.32 bits per heavy atom. The van der Waals surface area contributed by atoms with Crippen molar-refractivity contribution in [2.45, 2.75) is 57.8 Å².